The molecule has 1 aliphatic heterocycles. The quantitative estimate of drug-likeness (QED) is 0.536. The van der Waals surface area contributed by atoms with E-state index in [1.165, 1.54) is 11.8 Å². The van der Waals surface area contributed by atoms with E-state index in [9.17, 15) is 0 Å². The summed E-state index contributed by atoms with van der Waals surface area (Å²) in [6.45, 7) is 11.1. The molecule has 5 nitrogen and oxygen atoms in total. The van der Waals surface area contributed by atoms with Crippen molar-refractivity contribution < 1.29 is 0 Å². The number of hydrogen-bond donors (Lipinski definition) is 1. The molecule has 1 saturated heterocycles. The van der Waals surface area contributed by atoms with Gasteiger partial charge >= 0.3 is 0 Å². The van der Waals surface area contributed by atoms with E-state index in [1.54, 1.807) is 0 Å². The first-order valence-electron chi connectivity index (χ1n) is 7.18. The van der Waals surface area contributed by atoms with Gasteiger partial charge in [0.25, 0.3) is 5.69 Å². The number of nitrogens with one attached hydrogen (secondary N) is 1. The first-order valence-corrected chi connectivity index (χ1v) is 8.40. The maximum absolute atomic E-state index is 7.51. The van der Waals surface area contributed by atoms with Gasteiger partial charge in [0.15, 0.2) is 5.82 Å². The Hall–Kier alpha value is -2.10. The molecule has 0 aliphatic carbocycles. The lowest BCUT2D eigenvalue weighted by atomic mass is 10.2. The van der Waals surface area contributed by atoms with Gasteiger partial charge < -0.3 is 10.2 Å². The fraction of sp³-hybridized carbons (Fsp3) is 0.312. The van der Waals surface area contributed by atoms with Crippen LogP contribution in [0.25, 0.3) is 16.2 Å². The van der Waals surface area contributed by atoms with Gasteiger partial charge in [-0.3, -0.25) is 0 Å². The minimum atomic E-state index is 0.564. The standard InChI is InChI=1S/C16H17N5S/c1-17-13-15(21-10-8-18-9-11-21)19-14(20-16(13)22-2)12-6-4-3-5-7-12/h3-7,18H,8-11H2,2H3. The zero-order valence-electron chi connectivity index (χ0n) is 12.4. The molecular formula is C16H17N5S. The van der Waals surface area contributed by atoms with Gasteiger partial charge in [0.2, 0.25) is 0 Å². The Morgan fingerprint density at radius 3 is 2.55 bits per heavy atom. The highest BCUT2D eigenvalue weighted by Gasteiger charge is 2.21. The molecule has 1 aliphatic rings. The summed E-state index contributed by atoms with van der Waals surface area (Å²) in [6.07, 6.45) is 1.95. The predicted octanol–water partition coefficient (Wildman–Crippen LogP) is 2.83. The van der Waals surface area contributed by atoms with Crippen LogP contribution < -0.4 is 10.2 Å². The van der Waals surface area contributed by atoms with Crippen LogP contribution in [0.2, 0.25) is 0 Å². The fourth-order valence-corrected chi connectivity index (χ4v) is 2.98. The third-order valence-electron chi connectivity index (χ3n) is 3.59. The maximum Gasteiger partial charge on any atom is 0.259 e. The van der Waals surface area contributed by atoms with E-state index in [0.717, 1.165) is 42.6 Å². The molecule has 0 amide bonds. The summed E-state index contributed by atoms with van der Waals surface area (Å²) in [5, 5.41) is 4.08. The molecule has 0 radical (unpaired) electrons. The molecular weight excluding hydrogens is 294 g/mol. The normalized spacial score (nSPS) is 14.6. The monoisotopic (exact) mass is 311 g/mol. The maximum atomic E-state index is 7.51. The van der Waals surface area contributed by atoms with Gasteiger partial charge in [-0.15, -0.1) is 11.8 Å². The van der Waals surface area contributed by atoms with Crippen molar-refractivity contribution in [1.82, 2.24) is 15.3 Å². The number of anilines is 1. The number of nitrogens with zero attached hydrogens (tertiary/aromatic N) is 4. The Kier molecular flexibility index (Phi) is 4.56. The van der Waals surface area contributed by atoms with Crippen molar-refractivity contribution in [2.24, 2.45) is 0 Å². The van der Waals surface area contributed by atoms with Crippen molar-refractivity contribution in [2.75, 3.05) is 37.3 Å². The van der Waals surface area contributed by atoms with Crippen LogP contribution in [0.15, 0.2) is 35.4 Å². The smallest absolute Gasteiger partial charge is 0.259 e. The lowest BCUT2D eigenvalue weighted by molar-refractivity contribution is 0.585. The SMILES string of the molecule is [C-]#[N+]c1c(SC)nc(-c2ccccc2)nc1N1CCNCC1. The van der Waals surface area contributed by atoms with E-state index in [0.29, 0.717) is 11.5 Å². The van der Waals surface area contributed by atoms with Crippen molar-refractivity contribution in [3.05, 3.63) is 41.7 Å². The van der Waals surface area contributed by atoms with Crippen molar-refractivity contribution in [3.8, 4) is 11.4 Å². The molecule has 1 N–H and O–H groups in total. The summed E-state index contributed by atoms with van der Waals surface area (Å²) in [5.41, 5.74) is 1.54. The molecule has 0 unspecified atom stereocenters. The number of benzene rings is 1. The second kappa shape index (κ2) is 6.77. The summed E-state index contributed by atoms with van der Waals surface area (Å²) in [5.74, 6) is 1.44. The second-order valence-electron chi connectivity index (χ2n) is 4.94. The van der Waals surface area contributed by atoms with Crippen molar-refractivity contribution in [3.63, 3.8) is 0 Å². The molecule has 112 valence electrons. The number of piperazine rings is 1. The van der Waals surface area contributed by atoms with Crippen LogP contribution in [-0.4, -0.2) is 42.4 Å². The summed E-state index contributed by atoms with van der Waals surface area (Å²) in [4.78, 5) is 15.2. The summed E-state index contributed by atoms with van der Waals surface area (Å²) >= 11 is 1.50. The van der Waals surface area contributed by atoms with E-state index >= 15 is 0 Å². The molecule has 1 aromatic carbocycles. The van der Waals surface area contributed by atoms with Crippen molar-refractivity contribution >= 4 is 23.3 Å². The Bertz CT molecular complexity index is 690. The number of hydrogen-bond acceptors (Lipinski definition) is 5. The largest absolute Gasteiger partial charge is 0.363 e. The predicted molar refractivity (Wildman–Crippen MR) is 90.6 cm³/mol. The van der Waals surface area contributed by atoms with Crippen LogP contribution in [0, 0.1) is 6.57 Å². The van der Waals surface area contributed by atoms with Crippen LogP contribution in [-0.2, 0) is 0 Å². The first-order chi connectivity index (χ1) is 10.8. The summed E-state index contributed by atoms with van der Waals surface area (Å²) in [7, 11) is 0. The molecule has 0 saturated carbocycles. The average Bonchev–Trinajstić information content (AvgIpc) is 2.62. The highest BCUT2D eigenvalue weighted by Crippen LogP contribution is 2.36. The molecule has 1 aromatic heterocycles. The fourth-order valence-electron chi connectivity index (χ4n) is 2.48. The molecule has 1 fully saturated rings. The summed E-state index contributed by atoms with van der Waals surface area (Å²) in [6, 6.07) is 9.93. The molecule has 3 rings (SSSR count). The van der Waals surface area contributed by atoms with Gasteiger partial charge in [-0.25, -0.2) is 14.8 Å². The van der Waals surface area contributed by atoms with Gasteiger partial charge in [-0.05, 0) is 6.26 Å². The van der Waals surface area contributed by atoms with Crippen molar-refractivity contribution in [1.29, 1.82) is 0 Å². The average molecular weight is 311 g/mol. The Balaban J connectivity index is 2.12. The highest BCUT2D eigenvalue weighted by atomic mass is 32.2. The minimum Gasteiger partial charge on any atom is -0.363 e. The summed E-state index contributed by atoms with van der Waals surface area (Å²) < 4.78 is 0. The van der Waals surface area contributed by atoms with Gasteiger partial charge in [-0.1, -0.05) is 30.3 Å². The molecule has 0 atom stereocenters. The van der Waals surface area contributed by atoms with Crippen LogP contribution in [0.5, 0.6) is 0 Å². The van der Waals surface area contributed by atoms with E-state index in [-0.39, 0.29) is 0 Å². The van der Waals surface area contributed by atoms with E-state index in [1.807, 2.05) is 36.6 Å². The minimum absolute atomic E-state index is 0.564. The zero-order valence-corrected chi connectivity index (χ0v) is 13.2. The van der Waals surface area contributed by atoms with Crippen molar-refractivity contribution in [2.45, 2.75) is 5.03 Å². The van der Waals surface area contributed by atoms with Crippen LogP contribution in [0.3, 0.4) is 0 Å². The Morgan fingerprint density at radius 1 is 1.18 bits per heavy atom. The van der Waals surface area contributed by atoms with Gasteiger partial charge in [0.05, 0.1) is 6.57 Å². The molecule has 0 bridgehead atoms. The highest BCUT2D eigenvalue weighted by molar-refractivity contribution is 7.98. The lowest BCUT2D eigenvalue weighted by Gasteiger charge is -2.29. The third kappa shape index (κ3) is 2.91. The lowest BCUT2D eigenvalue weighted by Crippen LogP contribution is -2.44. The third-order valence-corrected chi connectivity index (χ3v) is 4.26. The molecule has 2 aromatic rings. The molecule has 2 heterocycles. The van der Waals surface area contributed by atoms with Crippen LogP contribution in [0.4, 0.5) is 11.5 Å². The van der Waals surface area contributed by atoms with Gasteiger partial charge in [-0.2, -0.15) is 0 Å². The zero-order chi connectivity index (χ0) is 15.4. The van der Waals surface area contributed by atoms with Crippen LogP contribution in [0.1, 0.15) is 0 Å². The van der Waals surface area contributed by atoms with E-state index in [2.05, 4.69) is 20.0 Å². The molecule has 22 heavy (non-hydrogen) atoms. The van der Waals surface area contributed by atoms with Gasteiger partial charge in [0.1, 0.15) is 10.8 Å². The Labute approximate surface area is 134 Å². The van der Waals surface area contributed by atoms with Crippen LogP contribution >= 0.6 is 11.8 Å². The van der Waals surface area contributed by atoms with E-state index in [4.69, 9.17) is 11.6 Å². The number of thioether (sulfide) groups is 1. The topological polar surface area (TPSA) is 45.4 Å². The second-order valence-corrected chi connectivity index (χ2v) is 5.74. The number of aromatic nitrogens is 2. The van der Waals surface area contributed by atoms with Gasteiger partial charge in [0, 0.05) is 31.7 Å². The van der Waals surface area contributed by atoms with E-state index < -0.39 is 0 Å². The number of rotatable bonds is 3. The molecule has 6 heteroatoms. The first kappa shape index (κ1) is 14.8. The Morgan fingerprint density at radius 2 is 1.91 bits per heavy atom. The molecule has 0 spiro atoms.